The molecule has 0 N–H and O–H groups in total. The lowest BCUT2D eigenvalue weighted by Gasteiger charge is -2.16. The van der Waals surface area contributed by atoms with Gasteiger partial charge in [-0.3, -0.25) is 0 Å². The van der Waals surface area contributed by atoms with E-state index in [0.29, 0.717) is 0 Å². The van der Waals surface area contributed by atoms with Crippen LogP contribution in [0.3, 0.4) is 0 Å². The van der Waals surface area contributed by atoms with Crippen molar-refractivity contribution < 1.29 is 4.48 Å². The molecule has 1 saturated carbocycles. The van der Waals surface area contributed by atoms with Crippen LogP contribution in [0.25, 0.3) is 0 Å². The van der Waals surface area contributed by atoms with Gasteiger partial charge in [0.05, 0.1) is 12.6 Å². The maximum absolute atomic E-state index is 2.33. The van der Waals surface area contributed by atoms with Crippen LogP contribution in [0, 0.1) is 5.92 Å². The zero-order valence-corrected chi connectivity index (χ0v) is 6.71. The quantitative estimate of drug-likeness (QED) is 0.399. The first-order valence-electron chi connectivity index (χ1n) is 4.73. The second kappa shape index (κ2) is 1.42. The Labute approximate surface area is 62.6 Å². The van der Waals surface area contributed by atoms with Gasteiger partial charge >= 0.3 is 0 Å². The van der Waals surface area contributed by atoms with Gasteiger partial charge in [-0.05, 0) is 6.42 Å². The number of piperidine rings is 2. The normalized spacial score (nSPS) is 61.5. The molecule has 1 aliphatic carbocycles. The van der Waals surface area contributed by atoms with Gasteiger partial charge in [-0.25, -0.2) is 0 Å². The average molecular weight is 138 g/mol. The van der Waals surface area contributed by atoms with Crippen LogP contribution >= 0.6 is 0 Å². The van der Waals surface area contributed by atoms with E-state index in [9.17, 15) is 0 Å². The van der Waals surface area contributed by atoms with Crippen molar-refractivity contribution in [3.63, 3.8) is 0 Å². The Bertz CT molecular complexity index is 178. The van der Waals surface area contributed by atoms with E-state index in [1.54, 1.807) is 23.9 Å². The van der Waals surface area contributed by atoms with E-state index in [0.717, 1.165) is 12.1 Å². The molecule has 2 saturated heterocycles. The van der Waals surface area contributed by atoms with Crippen molar-refractivity contribution in [3.8, 4) is 0 Å². The monoisotopic (exact) mass is 138 g/mol. The van der Waals surface area contributed by atoms with Gasteiger partial charge in [0.15, 0.2) is 0 Å². The molecule has 10 heavy (non-hydrogen) atoms. The van der Waals surface area contributed by atoms with Crippen molar-refractivity contribution in [1.82, 2.24) is 0 Å². The first kappa shape index (κ1) is 5.59. The predicted octanol–water partition coefficient (Wildman–Crippen LogP) is 1.39. The van der Waals surface area contributed by atoms with Gasteiger partial charge in [-0.1, -0.05) is 6.92 Å². The van der Waals surface area contributed by atoms with E-state index in [1.807, 2.05) is 0 Å². The van der Waals surface area contributed by atoms with E-state index < -0.39 is 0 Å². The van der Waals surface area contributed by atoms with Gasteiger partial charge in [0.25, 0.3) is 0 Å². The lowest BCUT2D eigenvalue weighted by atomic mass is 10.2. The molecule has 0 aromatic rings. The van der Waals surface area contributed by atoms with Gasteiger partial charge in [-0.2, -0.15) is 0 Å². The van der Waals surface area contributed by atoms with Gasteiger partial charge in [0, 0.05) is 18.8 Å². The summed E-state index contributed by atoms with van der Waals surface area (Å²) in [5.74, 6) is 1.19. The van der Waals surface area contributed by atoms with Crippen molar-refractivity contribution in [2.75, 3.05) is 13.1 Å². The Morgan fingerprint density at radius 3 is 2.90 bits per heavy atom. The molecule has 4 atom stereocenters. The molecular formula is C9H16N+. The largest absolute Gasteiger partial charge is 0.309 e. The summed E-state index contributed by atoms with van der Waals surface area (Å²) in [7, 11) is 0. The number of quaternary nitrogens is 1. The molecule has 0 aromatic carbocycles. The summed E-state index contributed by atoms with van der Waals surface area (Å²) >= 11 is 0. The van der Waals surface area contributed by atoms with Gasteiger partial charge in [-0.15, -0.1) is 0 Å². The molecule has 0 radical (unpaired) electrons. The summed E-state index contributed by atoms with van der Waals surface area (Å²) in [4.78, 5) is 0. The highest BCUT2D eigenvalue weighted by atomic mass is 15.6. The minimum Gasteiger partial charge on any atom is -0.309 e. The molecule has 2 aliphatic heterocycles. The summed E-state index contributed by atoms with van der Waals surface area (Å²) in [5.41, 5.74) is 0. The highest BCUT2D eigenvalue weighted by molar-refractivity contribution is 5.04. The zero-order valence-electron chi connectivity index (χ0n) is 6.71. The first-order chi connectivity index (χ1) is 4.87. The second-order valence-electron chi connectivity index (χ2n) is 4.46. The van der Waals surface area contributed by atoms with Crippen molar-refractivity contribution in [3.05, 3.63) is 0 Å². The van der Waals surface area contributed by atoms with Crippen molar-refractivity contribution in [2.24, 2.45) is 5.92 Å². The average Bonchev–Trinajstić information content (AvgIpc) is 2.75. The summed E-state index contributed by atoms with van der Waals surface area (Å²) in [6, 6.07) is 2.30. The first-order valence-corrected chi connectivity index (χ1v) is 4.73. The molecule has 2 heterocycles. The van der Waals surface area contributed by atoms with E-state index >= 15 is 0 Å². The number of hydrogen-bond acceptors (Lipinski definition) is 0. The van der Waals surface area contributed by atoms with Gasteiger partial charge in [0.2, 0.25) is 0 Å². The molecule has 56 valence electrons. The second-order valence-corrected chi connectivity index (χ2v) is 4.46. The number of fused-ring (bicyclic) bond motifs is 3. The summed E-state index contributed by atoms with van der Waals surface area (Å²) in [5, 5.41) is 0. The Balaban J connectivity index is 1.81. The third kappa shape index (κ3) is 0.460. The lowest BCUT2D eigenvalue weighted by Crippen LogP contribution is -2.29. The molecule has 3 rings (SSSR count). The molecule has 3 aliphatic rings. The summed E-state index contributed by atoms with van der Waals surface area (Å²) in [6.45, 7) is 5.37. The van der Waals surface area contributed by atoms with E-state index in [4.69, 9.17) is 0 Å². The van der Waals surface area contributed by atoms with Crippen LogP contribution in [-0.2, 0) is 0 Å². The lowest BCUT2D eigenvalue weighted by molar-refractivity contribution is -0.818. The Morgan fingerprint density at radius 2 is 2.30 bits per heavy atom. The Kier molecular flexibility index (Phi) is 0.797. The minimum atomic E-state index is 1.14. The van der Waals surface area contributed by atoms with Crippen LogP contribution < -0.4 is 0 Å². The Morgan fingerprint density at radius 1 is 1.40 bits per heavy atom. The molecular weight excluding hydrogens is 122 g/mol. The zero-order chi connectivity index (χ0) is 6.77. The van der Waals surface area contributed by atoms with E-state index in [2.05, 4.69) is 6.92 Å². The fourth-order valence-electron chi connectivity index (χ4n) is 3.36. The smallest absolute Gasteiger partial charge is 0.140 e. The molecule has 4 unspecified atom stereocenters. The maximum atomic E-state index is 2.33. The van der Waals surface area contributed by atoms with Crippen molar-refractivity contribution in [1.29, 1.82) is 0 Å². The number of nitrogens with zero attached hydrogens (tertiary/aromatic N) is 1. The SMILES string of the molecule is CCC[N+]12CC1CC1CC12. The number of rotatable bonds is 2. The van der Waals surface area contributed by atoms with Crippen LogP contribution in [0.1, 0.15) is 26.2 Å². The molecule has 0 bridgehead atoms. The summed E-state index contributed by atoms with van der Waals surface area (Å²) < 4.78 is 1.57. The van der Waals surface area contributed by atoms with Crippen LogP contribution in [-0.4, -0.2) is 29.7 Å². The van der Waals surface area contributed by atoms with Crippen molar-refractivity contribution >= 4 is 0 Å². The summed E-state index contributed by atoms with van der Waals surface area (Å²) in [6.07, 6.45) is 4.57. The molecule has 3 fully saturated rings. The fourth-order valence-corrected chi connectivity index (χ4v) is 3.36. The third-order valence-electron chi connectivity index (χ3n) is 3.90. The van der Waals surface area contributed by atoms with Gasteiger partial charge < -0.3 is 4.48 Å². The molecule has 0 spiro atoms. The molecule has 1 nitrogen and oxygen atoms in total. The van der Waals surface area contributed by atoms with Crippen LogP contribution in [0.15, 0.2) is 0 Å². The molecule has 0 aromatic heterocycles. The third-order valence-corrected chi connectivity index (χ3v) is 3.90. The highest BCUT2D eigenvalue weighted by Crippen LogP contribution is 2.61. The predicted molar refractivity (Wildman–Crippen MR) is 40.6 cm³/mol. The highest BCUT2D eigenvalue weighted by Gasteiger charge is 2.73. The topological polar surface area (TPSA) is 0 Å². The van der Waals surface area contributed by atoms with Crippen LogP contribution in [0.2, 0.25) is 0 Å². The maximum Gasteiger partial charge on any atom is 0.140 e. The van der Waals surface area contributed by atoms with Gasteiger partial charge in [0.1, 0.15) is 12.6 Å². The van der Waals surface area contributed by atoms with Crippen LogP contribution in [0.5, 0.6) is 0 Å². The minimum absolute atomic E-state index is 1.14. The van der Waals surface area contributed by atoms with Crippen molar-refractivity contribution in [2.45, 2.75) is 38.3 Å². The molecule has 1 heteroatoms. The Hall–Kier alpha value is -0.0400. The van der Waals surface area contributed by atoms with Crippen LogP contribution in [0.4, 0.5) is 0 Å². The molecule has 0 amide bonds. The standard InChI is InChI=1S/C9H16N/c1-2-3-10-6-8(10)4-7-5-9(7)10/h7-9H,2-6H2,1H3/q+1. The van der Waals surface area contributed by atoms with E-state index in [1.165, 1.54) is 18.9 Å². The van der Waals surface area contributed by atoms with E-state index in [-0.39, 0.29) is 0 Å². The number of hydrogen-bond donors (Lipinski definition) is 0. The fraction of sp³-hybridized carbons (Fsp3) is 1.00.